The average molecular weight is 323 g/mol. The van der Waals surface area contributed by atoms with Crippen molar-refractivity contribution < 1.29 is 14.3 Å². The number of halogens is 2. The Morgan fingerprint density at radius 3 is 2.59 bits per heavy atom. The smallest absolute Gasteiger partial charge is 0.404 e. The molecule has 17 heavy (non-hydrogen) atoms. The van der Waals surface area contributed by atoms with Gasteiger partial charge in [0.05, 0.1) is 0 Å². The summed E-state index contributed by atoms with van der Waals surface area (Å²) in [7, 11) is 0. The van der Waals surface area contributed by atoms with Crippen LogP contribution >= 0.6 is 27.3 Å². The van der Waals surface area contributed by atoms with Crippen LogP contribution in [-0.2, 0) is 0 Å². The van der Waals surface area contributed by atoms with E-state index in [1.54, 1.807) is 0 Å². The lowest BCUT2D eigenvalue weighted by molar-refractivity contribution is 0.185. The summed E-state index contributed by atoms with van der Waals surface area (Å²) >= 11 is 4.45. The predicted molar refractivity (Wildman–Crippen MR) is 65.9 cm³/mol. The highest BCUT2D eigenvalue weighted by Gasteiger charge is 2.26. The van der Waals surface area contributed by atoms with Gasteiger partial charge >= 0.3 is 6.09 Å². The number of aromatic nitrogens is 1. The Bertz CT molecular complexity index is 399. The van der Waals surface area contributed by atoms with Gasteiger partial charge in [-0.05, 0) is 41.6 Å². The van der Waals surface area contributed by atoms with Gasteiger partial charge in [-0.3, -0.25) is 0 Å². The zero-order valence-corrected chi connectivity index (χ0v) is 11.4. The Morgan fingerprint density at radius 1 is 1.47 bits per heavy atom. The third-order valence-corrected chi connectivity index (χ3v) is 4.76. The summed E-state index contributed by atoms with van der Waals surface area (Å²) < 4.78 is 13.5. The molecule has 0 aromatic carbocycles. The highest BCUT2D eigenvalue weighted by Crippen LogP contribution is 2.37. The summed E-state index contributed by atoms with van der Waals surface area (Å²) in [5.41, 5.74) is 0. The molecule has 0 atom stereocenters. The molecule has 1 aliphatic rings. The molecule has 2 rings (SSSR count). The summed E-state index contributed by atoms with van der Waals surface area (Å²) in [4.78, 5) is 14.4. The van der Waals surface area contributed by atoms with Crippen molar-refractivity contribution in [3.8, 4) is 0 Å². The molecular formula is C10H12BrFN2O2S. The SMILES string of the molecule is O=C(O)NC1CCC(c2nc(F)c(Br)s2)CC1. The van der Waals surface area contributed by atoms with E-state index in [0.717, 1.165) is 30.7 Å². The zero-order chi connectivity index (χ0) is 12.4. The monoisotopic (exact) mass is 322 g/mol. The van der Waals surface area contributed by atoms with Crippen molar-refractivity contribution in [3.05, 3.63) is 14.7 Å². The zero-order valence-electron chi connectivity index (χ0n) is 8.95. The molecule has 7 heteroatoms. The molecule has 1 saturated carbocycles. The molecule has 0 radical (unpaired) electrons. The van der Waals surface area contributed by atoms with Gasteiger partial charge in [-0.15, -0.1) is 11.3 Å². The second kappa shape index (κ2) is 5.30. The van der Waals surface area contributed by atoms with Gasteiger partial charge < -0.3 is 10.4 Å². The molecule has 1 aliphatic carbocycles. The molecule has 0 bridgehead atoms. The molecular weight excluding hydrogens is 311 g/mol. The molecule has 0 saturated heterocycles. The molecule has 2 N–H and O–H groups in total. The average Bonchev–Trinajstić information content (AvgIpc) is 2.59. The first kappa shape index (κ1) is 12.8. The lowest BCUT2D eigenvalue weighted by Gasteiger charge is -2.26. The Hall–Kier alpha value is -0.690. The predicted octanol–water partition coefficient (Wildman–Crippen LogP) is 3.34. The fraction of sp³-hybridized carbons (Fsp3) is 0.600. The van der Waals surface area contributed by atoms with Crippen molar-refractivity contribution in [2.24, 2.45) is 0 Å². The Labute approximate surface area is 110 Å². The first-order valence-corrected chi connectivity index (χ1v) is 6.98. The highest BCUT2D eigenvalue weighted by atomic mass is 79.9. The molecule has 1 fully saturated rings. The molecule has 1 aromatic rings. The third-order valence-electron chi connectivity index (χ3n) is 2.97. The molecule has 0 spiro atoms. The van der Waals surface area contributed by atoms with Crippen LogP contribution in [-0.4, -0.2) is 22.2 Å². The minimum atomic E-state index is -0.975. The van der Waals surface area contributed by atoms with Crippen LogP contribution in [0.4, 0.5) is 9.18 Å². The fourth-order valence-corrected chi connectivity index (χ4v) is 3.56. The number of carbonyl (C=O) groups is 1. The highest BCUT2D eigenvalue weighted by molar-refractivity contribution is 9.11. The number of nitrogens with zero attached hydrogens (tertiary/aromatic N) is 1. The summed E-state index contributed by atoms with van der Waals surface area (Å²) in [6.07, 6.45) is 2.30. The van der Waals surface area contributed by atoms with Gasteiger partial charge in [-0.1, -0.05) is 0 Å². The first-order chi connectivity index (χ1) is 8.06. The number of nitrogens with one attached hydrogen (secondary N) is 1. The molecule has 1 heterocycles. The standard InChI is InChI=1S/C10H12BrFN2O2S/c11-7-8(12)14-9(17-7)5-1-3-6(4-2-5)13-10(15)16/h5-6,13H,1-4H2,(H,15,16). The van der Waals surface area contributed by atoms with Crippen LogP contribution in [0.3, 0.4) is 0 Å². The van der Waals surface area contributed by atoms with Crippen molar-refractivity contribution >= 4 is 33.4 Å². The van der Waals surface area contributed by atoms with E-state index in [0.29, 0.717) is 3.79 Å². The van der Waals surface area contributed by atoms with Crippen LogP contribution < -0.4 is 5.32 Å². The van der Waals surface area contributed by atoms with Gasteiger partial charge in [-0.25, -0.2) is 9.78 Å². The Morgan fingerprint density at radius 2 is 2.12 bits per heavy atom. The number of carboxylic acid groups (broad SMARTS) is 1. The van der Waals surface area contributed by atoms with Gasteiger partial charge in [-0.2, -0.15) is 4.39 Å². The lowest BCUT2D eigenvalue weighted by atomic mass is 9.86. The first-order valence-electron chi connectivity index (χ1n) is 5.37. The molecule has 0 unspecified atom stereocenters. The number of hydrogen-bond acceptors (Lipinski definition) is 3. The van der Waals surface area contributed by atoms with E-state index in [9.17, 15) is 9.18 Å². The lowest BCUT2D eigenvalue weighted by Crippen LogP contribution is -2.36. The second-order valence-electron chi connectivity index (χ2n) is 4.11. The van der Waals surface area contributed by atoms with E-state index in [1.165, 1.54) is 11.3 Å². The fourth-order valence-electron chi connectivity index (χ4n) is 2.13. The minimum absolute atomic E-state index is 0.0250. The van der Waals surface area contributed by atoms with E-state index in [4.69, 9.17) is 5.11 Å². The normalized spacial score (nSPS) is 24.6. The van der Waals surface area contributed by atoms with Crippen molar-refractivity contribution in [2.45, 2.75) is 37.6 Å². The van der Waals surface area contributed by atoms with Crippen LogP contribution in [0, 0.1) is 5.95 Å². The van der Waals surface area contributed by atoms with E-state index in [-0.39, 0.29) is 12.0 Å². The van der Waals surface area contributed by atoms with E-state index < -0.39 is 12.0 Å². The summed E-state index contributed by atoms with van der Waals surface area (Å²) in [6, 6.07) is 0.0250. The van der Waals surface area contributed by atoms with Crippen LogP contribution in [0.5, 0.6) is 0 Å². The molecule has 0 aliphatic heterocycles. The number of hydrogen-bond donors (Lipinski definition) is 2. The topological polar surface area (TPSA) is 62.2 Å². The van der Waals surface area contributed by atoms with Gasteiger partial charge in [0.1, 0.15) is 8.79 Å². The van der Waals surface area contributed by atoms with Gasteiger partial charge in [0, 0.05) is 12.0 Å². The van der Waals surface area contributed by atoms with Gasteiger partial charge in [0.25, 0.3) is 0 Å². The van der Waals surface area contributed by atoms with Crippen molar-refractivity contribution in [1.29, 1.82) is 0 Å². The van der Waals surface area contributed by atoms with Crippen LogP contribution in [0.1, 0.15) is 36.6 Å². The van der Waals surface area contributed by atoms with Crippen molar-refractivity contribution in [2.75, 3.05) is 0 Å². The molecule has 4 nitrogen and oxygen atoms in total. The Balaban J connectivity index is 1.92. The van der Waals surface area contributed by atoms with Crippen LogP contribution in [0.25, 0.3) is 0 Å². The summed E-state index contributed by atoms with van der Waals surface area (Å²) in [5.74, 6) is -0.191. The third kappa shape index (κ3) is 3.16. The maximum absolute atomic E-state index is 13.1. The van der Waals surface area contributed by atoms with E-state index >= 15 is 0 Å². The maximum Gasteiger partial charge on any atom is 0.404 e. The molecule has 1 amide bonds. The quantitative estimate of drug-likeness (QED) is 0.877. The minimum Gasteiger partial charge on any atom is -0.465 e. The molecule has 94 valence electrons. The van der Waals surface area contributed by atoms with E-state index in [2.05, 4.69) is 26.2 Å². The summed E-state index contributed by atoms with van der Waals surface area (Å²) in [5, 5.41) is 11.9. The van der Waals surface area contributed by atoms with E-state index in [1.807, 2.05) is 0 Å². The number of amides is 1. The van der Waals surface area contributed by atoms with Crippen molar-refractivity contribution in [1.82, 2.24) is 10.3 Å². The van der Waals surface area contributed by atoms with Gasteiger partial charge in [0.15, 0.2) is 0 Å². The van der Waals surface area contributed by atoms with Crippen molar-refractivity contribution in [3.63, 3.8) is 0 Å². The van der Waals surface area contributed by atoms with Gasteiger partial charge in [0.2, 0.25) is 5.95 Å². The molecule has 1 aromatic heterocycles. The summed E-state index contributed by atoms with van der Waals surface area (Å²) in [6.45, 7) is 0. The number of rotatable bonds is 2. The Kier molecular flexibility index (Phi) is 3.98. The second-order valence-corrected chi connectivity index (χ2v) is 6.46. The number of thiazole rings is 1. The van der Waals surface area contributed by atoms with Crippen LogP contribution in [0.2, 0.25) is 0 Å². The maximum atomic E-state index is 13.1. The largest absolute Gasteiger partial charge is 0.465 e. The van der Waals surface area contributed by atoms with Crippen LogP contribution in [0.15, 0.2) is 3.79 Å².